The van der Waals surface area contributed by atoms with Gasteiger partial charge in [0.1, 0.15) is 6.54 Å². The summed E-state index contributed by atoms with van der Waals surface area (Å²) in [6.45, 7) is 3.93. The molecular formula is C21H38ClNO2. The van der Waals surface area contributed by atoms with Crippen LogP contribution in [0.3, 0.4) is 0 Å². The average molecular weight is 372 g/mol. The monoisotopic (exact) mass is 371 g/mol. The molecule has 0 saturated carbocycles. The summed E-state index contributed by atoms with van der Waals surface area (Å²) in [6.07, 6.45) is 13.5. The number of quaternary nitrogens is 1. The van der Waals surface area contributed by atoms with Gasteiger partial charge in [0.25, 0.3) is 0 Å². The van der Waals surface area contributed by atoms with Crippen molar-refractivity contribution in [3.63, 3.8) is 0 Å². The topological polar surface area (TPSA) is 18.5 Å². The fourth-order valence-electron chi connectivity index (χ4n) is 3.17. The molecule has 25 heavy (non-hydrogen) atoms. The summed E-state index contributed by atoms with van der Waals surface area (Å²) in [5, 5.41) is 0. The number of hydroxylamine groups is 4. The molecule has 0 aliphatic carbocycles. The molecule has 1 aromatic carbocycles. The molecule has 0 heterocycles. The Morgan fingerprint density at radius 3 is 1.68 bits per heavy atom. The summed E-state index contributed by atoms with van der Waals surface area (Å²) in [4.78, 5) is 11.6. The Morgan fingerprint density at radius 2 is 1.20 bits per heavy atom. The van der Waals surface area contributed by atoms with Crippen LogP contribution >= 0.6 is 0 Å². The van der Waals surface area contributed by atoms with Crippen molar-refractivity contribution in [2.45, 2.75) is 77.7 Å². The number of benzene rings is 1. The van der Waals surface area contributed by atoms with Crippen LogP contribution in [0.25, 0.3) is 0 Å². The van der Waals surface area contributed by atoms with Crippen molar-refractivity contribution in [1.82, 2.24) is 0 Å². The molecule has 0 saturated heterocycles. The van der Waals surface area contributed by atoms with E-state index in [4.69, 9.17) is 9.68 Å². The van der Waals surface area contributed by atoms with E-state index in [1.54, 1.807) is 14.2 Å². The van der Waals surface area contributed by atoms with Crippen molar-refractivity contribution in [1.29, 1.82) is 0 Å². The van der Waals surface area contributed by atoms with Crippen LogP contribution in [0.5, 0.6) is 0 Å². The largest absolute Gasteiger partial charge is 1.00 e. The summed E-state index contributed by atoms with van der Waals surface area (Å²) in [7, 11) is 3.48. The molecule has 4 heteroatoms. The van der Waals surface area contributed by atoms with Crippen molar-refractivity contribution in [2.75, 3.05) is 20.8 Å². The van der Waals surface area contributed by atoms with Crippen LogP contribution in [0.4, 0.5) is 0 Å². The van der Waals surface area contributed by atoms with Crippen LogP contribution in [0.1, 0.15) is 76.7 Å². The lowest BCUT2D eigenvalue weighted by Crippen LogP contribution is -3.00. The van der Waals surface area contributed by atoms with Gasteiger partial charge in [0, 0.05) is 12.0 Å². The maximum Gasteiger partial charge on any atom is 0.168 e. The van der Waals surface area contributed by atoms with Gasteiger partial charge in [-0.25, -0.2) is 0 Å². The van der Waals surface area contributed by atoms with Gasteiger partial charge in [-0.05, 0) is 11.2 Å². The lowest BCUT2D eigenvalue weighted by atomic mass is 10.1. The lowest BCUT2D eigenvalue weighted by molar-refractivity contribution is -1.25. The molecule has 0 amide bonds. The molecule has 0 N–H and O–H groups in total. The quantitative estimate of drug-likeness (QED) is 0.268. The molecule has 0 fully saturated rings. The van der Waals surface area contributed by atoms with E-state index in [1.807, 2.05) is 6.07 Å². The van der Waals surface area contributed by atoms with Gasteiger partial charge in [-0.3, -0.25) is 0 Å². The van der Waals surface area contributed by atoms with E-state index >= 15 is 0 Å². The third-order valence-corrected chi connectivity index (χ3v) is 4.78. The first-order valence-corrected chi connectivity index (χ1v) is 9.79. The second kappa shape index (κ2) is 15.6. The summed E-state index contributed by atoms with van der Waals surface area (Å²) in [6, 6.07) is 10.4. The molecule has 0 atom stereocenters. The second-order valence-corrected chi connectivity index (χ2v) is 6.73. The van der Waals surface area contributed by atoms with Crippen LogP contribution in [0.15, 0.2) is 30.3 Å². The van der Waals surface area contributed by atoms with Crippen LogP contribution in [0.2, 0.25) is 0 Å². The Labute approximate surface area is 161 Å². The van der Waals surface area contributed by atoms with E-state index in [0.29, 0.717) is 0 Å². The lowest BCUT2D eigenvalue weighted by Gasteiger charge is -2.30. The van der Waals surface area contributed by atoms with Crippen LogP contribution in [0, 0.1) is 0 Å². The highest BCUT2D eigenvalue weighted by molar-refractivity contribution is 5.13. The van der Waals surface area contributed by atoms with Crippen molar-refractivity contribution in [2.24, 2.45) is 0 Å². The van der Waals surface area contributed by atoms with Crippen molar-refractivity contribution in [3.8, 4) is 0 Å². The minimum atomic E-state index is 0. The van der Waals surface area contributed by atoms with Gasteiger partial charge >= 0.3 is 0 Å². The molecule has 146 valence electrons. The van der Waals surface area contributed by atoms with E-state index in [0.717, 1.165) is 19.5 Å². The Morgan fingerprint density at radius 1 is 0.720 bits per heavy atom. The Kier molecular flexibility index (Phi) is 15.2. The highest BCUT2D eigenvalue weighted by Crippen LogP contribution is 2.18. The Hall–Kier alpha value is -0.610. The van der Waals surface area contributed by atoms with Gasteiger partial charge in [0.2, 0.25) is 0 Å². The predicted octanol–water partition coefficient (Wildman–Crippen LogP) is 3.05. The number of halogens is 1. The van der Waals surface area contributed by atoms with Crippen LogP contribution in [-0.4, -0.2) is 25.6 Å². The summed E-state index contributed by atoms with van der Waals surface area (Å²) in [5.41, 5.74) is 1.24. The third kappa shape index (κ3) is 10.9. The summed E-state index contributed by atoms with van der Waals surface area (Å²) >= 11 is 0. The van der Waals surface area contributed by atoms with Crippen molar-refractivity contribution < 1.29 is 26.9 Å². The predicted molar refractivity (Wildman–Crippen MR) is 101 cm³/mol. The summed E-state index contributed by atoms with van der Waals surface area (Å²) in [5.74, 6) is 0. The molecule has 0 unspecified atom stereocenters. The van der Waals surface area contributed by atoms with Crippen LogP contribution in [-0.2, 0) is 16.2 Å². The normalized spacial score (nSPS) is 11.3. The molecule has 1 aromatic rings. The minimum absolute atomic E-state index is 0. The molecule has 3 nitrogen and oxygen atoms in total. The maximum absolute atomic E-state index is 5.69. The van der Waals surface area contributed by atoms with Crippen molar-refractivity contribution in [3.05, 3.63) is 35.9 Å². The molecule has 1 rings (SSSR count). The fourth-order valence-corrected chi connectivity index (χ4v) is 3.17. The number of hydrogen-bond donors (Lipinski definition) is 0. The zero-order chi connectivity index (χ0) is 17.5. The average Bonchev–Trinajstić information content (AvgIpc) is 2.63. The molecule has 0 aliphatic rings. The summed E-state index contributed by atoms with van der Waals surface area (Å²) < 4.78 is 0. The highest BCUT2D eigenvalue weighted by Gasteiger charge is 2.29. The van der Waals surface area contributed by atoms with Gasteiger partial charge in [-0.15, -0.1) is 0 Å². The fraction of sp³-hybridized carbons (Fsp3) is 0.714. The second-order valence-electron chi connectivity index (χ2n) is 6.73. The maximum atomic E-state index is 5.69. The number of nitrogens with zero attached hydrogens (tertiary/aromatic N) is 1. The molecule has 0 aliphatic heterocycles. The SMILES string of the molecule is CCCCCCCCCCCC[N+](Cc1ccccc1)(OC)OC.[Cl-]. The van der Waals surface area contributed by atoms with Gasteiger partial charge in [-0.2, -0.15) is 9.68 Å². The molecule has 0 spiro atoms. The number of unbranched alkanes of at least 4 members (excludes halogenated alkanes) is 9. The van der Waals surface area contributed by atoms with Crippen LogP contribution < -0.4 is 12.4 Å². The first-order valence-electron chi connectivity index (χ1n) is 9.79. The van der Waals surface area contributed by atoms with Gasteiger partial charge in [0.05, 0.1) is 14.2 Å². The van der Waals surface area contributed by atoms with Gasteiger partial charge in [0.15, 0.2) is 6.54 Å². The molecular weight excluding hydrogens is 334 g/mol. The van der Waals surface area contributed by atoms with E-state index in [-0.39, 0.29) is 17.2 Å². The van der Waals surface area contributed by atoms with E-state index in [1.165, 1.54) is 63.4 Å². The highest BCUT2D eigenvalue weighted by atomic mass is 35.5. The first kappa shape index (κ1) is 24.4. The van der Waals surface area contributed by atoms with E-state index in [9.17, 15) is 0 Å². The third-order valence-electron chi connectivity index (χ3n) is 4.78. The zero-order valence-corrected chi connectivity index (χ0v) is 17.3. The zero-order valence-electron chi connectivity index (χ0n) is 16.5. The van der Waals surface area contributed by atoms with Crippen molar-refractivity contribution >= 4 is 0 Å². The molecule has 0 bridgehead atoms. The minimum Gasteiger partial charge on any atom is -1.00 e. The molecule has 0 radical (unpaired) electrons. The van der Waals surface area contributed by atoms with E-state index in [2.05, 4.69) is 31.2 Å². The Balaban J connectivity index is 0.00000576. The van der Waals surface area contributed by atoms with Gasteiger partial charge < -0.3 is 12.4 Å². The number of rotatable bonds is 15. The molecule has 0 aromatic heterocycles. The van der Waals surface area contributed by atoms with Gasteiger partial charge in [-0.1, -0.05) is 88.6 Å². The Bertz CT molecular complexity index is 396. The standard InChI is InChI=1S/C21H38NO2.ClH/c1-4-5-6-7-8-9-10-11-12-16-19-22(23-2,24-3)20-21-17-14-13-15-18-21;/h13-15,17-18H,4-12,16,19-20H2,1-3H3;1H/q+1;/p-1. The number of hydrogen-bond acceptors (Lipinski definition) is 2. The smallest absolute Gasteiger partial charge is 0.168 e. The first-order chi connectivity index (χ1) is 11.8. The van der Waals surface area contributed by atoms with E-state index < -0.39 is 0 Å².